The molecule has 0 bridgehead atoms. The molecule has 0 radical (unpaired) electrons. The normalized spacial score (nSPS) is 10.2. The summed E-state index contributed by atoms with van der Waals surface area (Å²) in [6, 6.07) is 1.68. The molecule has 0 fully saturated rings. The molecule has 1 heterocycles. The summed E-state index contributed by atoms with van der Waals surface area (Å²) in [6.07, 6.45) is 0.715. The fraction of sp³-hybridized carbons (Fsp3) is 0.583. The van der Waals surface area contributed by atoms with Gasteiger partial charge in [-0.15, -0.1) is 0 Å². The maximum Gasteiger partial charge on any atom is 0.239 e. The Labute approximate surface area is 113 Å². The molecule has 1 N–H and O–H groups in total. The van der Waals surface area contributed by atoms with Gasteiger partial charge < -0.3 is 10.2 Å². The minimum atomic E-state index is -0.0212. The SMILES string of the molecule is CCNC(=O)CN(CC)c1cc(Cl)nc(CC)n1. The van der Waals surface area contributed by atoms with Crippen LogP contribution < -0.4 is 10.2 Å². The van der Waals surface area contributed by atoms with Gasteiger partial charge >= 0.3 is 0 Å². The number of anilines is 1. The predicted octanol–water partition coefficient (Wildman–Crippen LogP) is 1.65. The van der Waals surface area contributed by atoms with Crippen LogP contribution in [-0.4, -0.2) is 35.5 Å². The van der Waals surface area contributed by atoms with Crippen LogP contribution in [0.15, 0.2) is 6.07 Å². The molecule has 0 saturated carbocycles. The van der Waals surface area contributed by atoms with Gasteiger partial charge in [-0.25, -0.2) is 9.97 Å². The third-order valence-electron chi connectivity index (χ3n) is 2.46. The van der Waals surface area contributed by atoms with Crippen LogP contribution in [0.5, 0.6) is 0 Å². The summed E-state index contributed by atoms with van der Waals surface area (Å²) in [4.78, 5) is 22.0. The number of carbonyl (C=O) groups excluding carboxylic acids is 1. The van der Waals surface area contributed by atoms with Crippen LogP contribution in [0, 0.1) is 0 Å². The summed E-state index contributed by atoms with van der Waals surface area (Å²) in [5.41, 5.74) is 0. The standard InChI is InChI=1S/C12H19ClN4O/c1-4-10-15-9(13)7-11(16-10)17(6-3)8-12(18)14-5-2/h7H,4-6,8H2,1-3H3,(H,14,18). The van der Waals surface area contributed by atoms with Gasteiger partial charge in [-0.2, -0.15) is 0 Å². The number of likely N-dealkylation sites (N-methyl/N-ethyl adjacent to an activating group) is 2. The van der Waals surface area contributed by atoms with Crippen molar-refractivity contribution < 1.29 is 4.79 Å². The summed E-state index contributed by atoms with van der Waals surface area (Å²) in [7, 11) is 0. The number of carbonyl (C=O) groups is 1. The summed E-state index contributed by atoms with van der Waals surface area (Å²) < 4.78 is 0. The summed E-state index contributed by atoms with van der Waals surface area (Å²) in [5, 5.41) is 3.17. The quantitative estimate of drug-likeness (QED) is 0.799. The van der Waals surface area contributed by atoms with Crippen molar-refractivity contribution >= 4 is 23.3 Å². The number of nitrogens with zero attached hydrogens (tertiary/aromatic N) is 3. The molecule has 0 aromatic carbocycles. The number of rotatable bonds is 6. The molecule has 18 heavy (non-hydrogen) atoms. The van der Waals surface area contributed by atoms with Crippen molar-refractivity contribution in [2.45, 2.75) is 27.2 Å². The molecule has 0 aliphatic rings. The van der Waals surface area contributed by atoms with E-state index in [-0.39, 0.29) is 12.5 Å². The van der Waals surface area contributed by atoms with Gasteiger partial charge in [0.15, 0.2) is 0 Å². The Morgan fingerprint density at radius 3 is 2.67 bits per heavy atom. The van der Waals surface area contributed by atoms with Crippen molar-refractivity contribution in [3.63, 3.8) is 0 Å². The zero-order valence-electron chi connectivity index (χ0n) is 11.0. The third kappa shape index (κ3) is 4.14. The van der Waals surface area contributed by atoms with E-state index in [1.807, 2.05) is 25.7 Å². The molecule has 0 aliphatic heterocycles. The molecule has 100 valence electrons. The van der Waals surface area contributed by atoms with Crippen molar-refractivity contribution in [1.82, 2.24) is 15.3 Å². The maximum atomic E-state index is 11.6. The second-order valence-electron chi connectivity index (χ2n) is 3.79. The predicted molar refractivity (Wildman–Crippen MR) is 73.0 cm³/mol. The Bertz CT molecular complexity index is 411. The molecule has 0 saturated heterocycles. The first kappa shape index (κ1) is 14.7. The third-order valence-corrected chi connectivity index (χ3v) is 2.65. The Kier molecular flexibility index (Phi) is 5.85. The lowest BCUT2D eigenvalue weighted by Crippen LogP contribution is -2.37. The van der Waals surface area contributed by atoms with Crippen LogP contribution in [0.2, 0.25) is 5.15 Å². The summed E-state index contributed by atoms with van der Waals surface area (Å²) >= 11 is 5.95. The van der Waals surface area contributed by atoms with Gasteiger partial charge in [-0.05, 0) is 13.8 Å². The average molecular weight is 271 g/mol. The van der Waals surface area contributed by atoms with E-state index in [9.17, 15) is 4.79 Å². The van der Waals surface area contributed by atoms with Crippen LogP contribution in [0.25, 0.3) is 0 Å². The first-order valence-corrected chi connectivity index (χ1v) is 6.53. The van der Waals surface area contributed by atoms with Gasteiger partial charge in [0.25, 0.3) is 0 Å². The Hall–Kier alpha value is -1.36. The second kappa shape index (κ2) is 7.16. The molecule has 1 rings (SSSR count). The Balaban J connectivity index is 2.87. The smallest absolute Gasteiger partial charge is 0.239 e. The Morgan fingerprint density at radius 2 is 2.11 bits per heavy atom. The number of hydrogen-bond donors (Lipinski definition) is 1. The van der Waals surface area contributed by atoms with E-state index in [1.165, 1.54) is 0 Å². The van der Waals surface area contributed by atoms with Gasteiger partial charge in [0.1, 0.15) is 16.8 Å². The monoisotopic (exact) mass is 270 g/mol. The van der Waals surface area contributed by atoms with Gasteiger partial charge in [-0.1, -0.05) is 18.5 Å². The average Bonchev–Trinajstić information content (AvgIpc) is 2.35. The van der Waals surface area contributed by atoms with Gasteiger partial charge in [-0.3, -0.25) is 4.79 Å². The van der Waals surface area contributed by atoms with Gasteiger partial charge in [0.2, 0.25) is 5.91 Å². The molecule has 0 spiro atoms. The van der Waals surface area contributed by atoms with E-state index in [0.29, 0.717) is 36.3 Å². The molecule has 0 unspecified atom stereocenters. The molecule has 0 atom stereocenters. The fourth-order valence-corrected chi connectivity index (χ4v) is 1.75. The van der Waals surface area contributed by atoms with E-state index in [4.69, 9.17) is 11.6 Å². The molecule has 6 heteroatoms. The van der Waals surface area contributed by atoms with Crippen LogP contribution in [0.1, 0.15) is 26.6 Å². The highest BCUT2D eigenvalue weighted by atomic mass is 35.5. The lowest BCUT2D eigenvalue weighted by molar-refractivity contribution is -0.119. The van der Waals surface area contributed by atoms with E-state index in [2.05, 4.69) is 15.3 Å². The summed E-state index contributed by atoms with van der Waals surface area (Å²) in [6.45, 7) is 7.43. The van der Waals surface area contributed by atoms with Gasteiger partial charge in [0, 0.05) is 25.6 Å². The van der Waals surface area contributed by atoms with Crippen molar-refractivity contribution in [2.75, 3.05) is 24.5 Å². The second-order valence-corrected chi connectivity index (χ2v) is 4.17. The number of nitrogens with one attached hydrogen (secondary N) is 1. The lowest BCUT2D eigenvalue weighted by Gasteiger charge is -2.21. The number of amides is 1. The molecular formula is C12H19ClN4O. The van der Waals surface area contributed by atoms with Crippen molar-refractivity contribution in [3.8, 4) is 0 Å². The highest BCUT2D eigenvalue weighted by Gasteiger charge is 2.12. The zero-order chi connectivity index (χ0) is 13.5. The van der Waals surface area contributed by atoms with Crippen LogP contribution in [-0.2, 0) is 11.2 Å². The molecule has 5 nitrogen and oxygen atoms in total. The highest BCUT2D eigenvalue weighted by molar-refractivity contribution is 6.29. The maximum absolute atomic E-state index is 11.6. The van der Waals surface area contributed by atoms with Gasteiger partial charge in [0.05, 0.1) is 6.54 Å². The fourth-order valence-electron chi connectivity index (χ4n) is 1.55. The number of halogens is 1. The number of aromatic nitrogens is 2. The largest absolute Gasteiger partial charge is 0.355 e. The van der Waals surface area contributed by atoms with E-state index >= 15 is 0 Å². The van der Waals surface area contributed by atoms with Crippen molar-refractivity contribution in [2.24, 2.45) is 0 Å². The van der Waals surface area contributed by atoms with E-state index in [1.54, 1.807) is 6.07 Å². The molecule has 1 aromatic rings. The molecule has 1 aromatic heterocycles. The zero-order valence-corrected chi connectivity index (χ0v) is 11.8. The minimum absolute atomic E-state index is 0.0212. The van der Waals surface area contributed by atoms with E-state index in [0.717, 1.165) is 0 Å². The van der Waals surface area contributed by atoms with Crippen molar-refractivity contribution in [3.05, 3.63) is 17.0 Å². The highest BCUT2D eigenvalue weighted by Crippen LogP contribution is 2.16. The van der Waals surface area contributed by atoms with Crippen LogP contribution in [0.4, 0.5) is 5.82 Å². The van der Waals surface area contributed by atoms with E-state index < -0.39 is 0 Å². The Morgan fingerprint density at radius 1 is 1.39 bits per heavy atom. The van der Waals surface area contributed by atoms with Crippen molar-refractivity contribution in [1.29, 1.82) is 0 Å². The number of aryl methyl sites for hydroxylation is 1. The van der Waals surface area contributed by atoms with Crippen LogP contribution >= 0.6 is 11.6 Å². The minimum Gasteiger partial charge on any atom is -0.355 e. The summed E-state index contributed by atoms with van der Waals surface area (Å²) in [5.74, 6) is 1.36. The first-order valence-electron chi connectivity index (χ1n) is 6.15. The molecular weight excluding hydrogens is 252 g/mol. The molecule has 0 aliphatic carbocycles. The first-order chi connectivity index (χ1) is 8.60. The number of hydrogen-bond acceptors (Lipinski definition) is 4. The topological polar surface area (TPSA) is 58.1 Å². The lowest BCUT2D eigenvalue weighted by atomic mass is 10.4. The molecule has 1 amide bonds. The van der Waals surface area contributed by atoms with Crippen LogP contribution in [0.3, 0.4) is 0 Å².